The first-order valence-corrected chi connectivity index (χ1v) is 8.38. The van der Waals surface area contributed by atoms with E-state index in [1.807, 2.05) is 60.7 Å². The molecule has 0 aliphatic heterocycles. The molecule has 122 valence electrons. The molecular formula is C21H21NO2. The fraction of sp³-hybridized carbons (Fsp3) is 0.238. The van der Waals surface area contributed by atoms with Crippen molar-refractivity contribution in [2.45, 2.75) is 32.2 Å². The number of allylic oxidation sites excluding steroid dienone is 1. The second-order valence-electron chi connectivity index (χ2n) is 6.07. The van der Waals surface area contributed by atoms with Crippen LogP contribution in [0.15, 0.2) is 72.4 Å². The van der Waals surface area contributed by atoms with Crippen LogP contribution in [0.3, 0.4) is 0 Å². The monoisotopic (exact) mass is 319 g/mol. The summed E-state index contributed by atoms with van der Waals surface area (Å²) >= 11 is 0. The van der Waals surface area contributed by atoms with Gasteiger partial charge in [-0.25, -0.2) is 0 Å². The van der Waals surface area contributed by atoms with Crippen molar-refractivity contribution in [3.8, 4) is 0 Å². The Morgan fingerprint density at radius 3 is 2.21 bits per heavy atom. The van der Waals surface area contributed by atoms with Crippen molar-refractivity contribution in [2.75, 3.05) is 0 Å². The van der Waals surface area contributed by atoms with Crippen LogP contribution in [0.25, 0.3) is 0 Å². The van der Waals surface area contributed by atoms with Gasteiger partial charge in [-0.3, -0.25) is 9.59 Å². The summed E-state index contributed by atoms with van der Waals surface area (Å²) in [5, 5.41) is 0. The lowest BCUT2D eigenvalue weighted by Gasteiger charge is -2.22. The molecule has 1 amide bonds. The summed E-state index contributed by atoms with van der Waals surface area (Å²) in [7, 11) is 0. The third-order valence-electron chi connectivity index (χ3n) is 4.25. The molecule has 1 saturated carbocycles. The summed E-state index contributed by atoms with van der Waals surface area (Å²) in [4.78, 5) is 26.7. The second kappa shape index (κ2) is 7.73. The third kappa shape index (κ3) is 3.99. The van der Waals surface area contributed by atoms with Crippen molar-refractivity contribution in [1.29, 1.82) is 0 Å². The zero-order valence-electron chi connectivity index (χ0n) is 13.7. The largest absolute Gasteiger partial charge is 0.310 e. The van der Waals surface area contributed by atoms with Gasteiger partial charge in [-0.05, 0) is 37.0 Å². The summed E-state index contributed by atoms with van der Waals surface area (Å²) in [6.07, 6.45) is 5.07. The van der Waals surface area contributed by atoms with Crippen LogP contribution in [0.1, 0.15) is 41.6 Å². The zero-order valence-corrected chi connectivity index (χ0v) is 13.7. The van der Waals surface area contributed by atoms with Gasteiger partial charge in [-0.1, -0.05) is 48.5 Å². The Morgan fingerprint density at radius 1 is 0.917 bits per heavy atom. The number of hydrogen-bond donors (Lipinski definition) is 0. The van der Waals surface area contributed by atoms with E-state index in [1.54, 1.807) is 11.1 Å². The lowest BCUT2D eigenvalue weighted by Crippen LogP contribution is -2.27. The Balaban J connectivity index is 1.90. The number of hydrogen-bond acceptors (Lipinski definition) is 2. The predicted octanol–water partition coefficient (Wildman–Crippen LogP) is 4.36. The Morgan fingerprint density at radius 2 is 1.54 bits per heavy atom. The molecule has 0 saturated heterocycles. The molecule has 2 aromatic carbocycles. The normalized spacial score (nSPS) is 16.2. The third-order valence-corrected chi connectivity index (χ3v) is 4.25. The van der Waals surface area contributed by atoms with Gasteiger partial charge in [0, 0.05) is 23.8 Å². The van der Waals surface area contributed by atoms with E-state index in [2.05, 4.69) is 0 Å². The number of Topliss-reactive ketones (excluding diaryl/α,β-unsaturated/α-hetero) is 1. The molecule has 3 heteroatoms. The maximum Gasteiger partial charge on any atom is 0.258 e. The molecule has 0 heterocycles. The first-order chi connectivity index (χ1) is 11.7. The van der Waals surface area contributed by atoms with Gasteiger partial charge in [0.25, 0.3) is 5.91 Å². The average molecular weight is 319 g/mol. The van der Waals surface area contributed by atoms with Crippen LogP contribution < -0.4 is 0 Å². The fourth-order valence-corrected chi connectivity index (χ4v) is 2.93. The van der Waals surface area contributed by atoms with Crippen molar-refractivity contribution in [2.24, 2.45) is 0 Å². The summed E-state index contributed by atoms with van der Waals surface area (Å²) in [6, 6.07) is 19.1. The van der Waals surface area contributed by atoms with Crippen molar-refractivity contribution in [3.63, 3.8) is 0 Å². The molecule has 24 heavy (non-hydrogen) atoms. The van der Waals surface area contributed by atoms with Gasteiger partial charge in [-0.2, -0.15) is 0 Å². The Hall–Kier alpha value is -2.68. The standard InChI is InChI=1S/C21H21NO2/c23-20-14-8-7-13-19(20)16-22(15-17-9-3-1-4-10-17)21(24)18-11-5-2-6-12-18/h1-6,9-12,16H,7-8,13-15H2/b19-16+. The molecule has 3 rings (SSSR count). The molecule has 0 spiro atoms. The molecule has 2 aromatic rings. The SMILES string of the molecule is O=C1CCCC/C1=C\N(Cc1ccccc1)C(=O)c1ccccc1. The zero-order chi connectivity index (χ0) is 16.8. The second-order valence-corrected chi connectivity index (χ2v) is 6.07. The van der Waals surface area contributed by atoms with Crippen molar-refractivity contribution >= 4 is 11.7 Å². The minimum atomic E-state index is -0.0784. The van der Waals surface area contributed by atoms with Crippen molar-refractivity contribution < 1.29 is 9.59 Å². The van der Waals surface area contributed by atoms with Crippen LogP contribution >= 0.6 is 0 Å². The van der Waals surface area contributed by atoms with E-state index in [4.69, 9.17) is 0 Å². The molecule has 0 unspecified atom stereocenters. The van der Waals surface area contributed by atoms with E-state index in [0.717, 1.165) is 30.4 Å². The molecular weight excluding hydrogens is 298 g/mol. The van der Waals surface area contributed by atoms with Gasteiger partial charge < -0.3 is 4.90 Å². The summed E-state index contributed by atoms with van der Waals surface area (Å²) in [5.41, 5.74) is 2.44. The Bertz CT molecular complexity index is 735. The van der Waals surface area contributed by atoms with Gasteiger partial charge in [0.05, 0.1) is 6.54 Å². The van der Waals surface area contributed by atoms with Gasteiger partial charge >= 0.3 is 0 Å². The van der Waals surface area contributed by atoms with E-state index in [9.17, 15) is 9.59 Å². The first-order valence-electron chi connectivity index (χ1n) is 8.38. The topological polar surface area (TPSA) is 37.4 Å². The van der Waals surface area contributed by atoms with Crippen LogP contribution in [-0.4, -0.2) is 16.6 Å². The van der Waals surface area contributed by atoms with Crippen LogP contribution in [0.5, 0.6) is 0 Å². The summed E-state index contributed by atoms with van der Waals surface area (Å²) in [5.74, 6) is 0.0884. The smallest absolute Gasteiger partial charge is 0.258 e. The van der Waals surface area contributed by atoms with Gasteiger partial charge in [0.15, 0.2) is 5.78 Å². The van der Waals surface area contributed by atoms with Crippen molar-refractivity contribution in [3.05, 3.63) is 83.6 Å². The van der Waals surface area contributed by atoms with Crippen molar-refractivity contribution in [1.82, 2.24) is 4.90 Å². The highest BCUT2D eigenvalue weighted by atomic mass is 16.2. The number of rotatable bonds is 4. The molecule has 1 aliphatic rings. The summed E-state index contributed by atoms with van der Waals surface area (Å²) < 4.78 is 0. The molecule has 0 atom stereocenters. The van der Waals surface area contributed by atoms with Crippen LogP contribution in [0.2, 0.25) is 0 Å². The molecule has 3 nitrogen and oxygen atoms in total. The maximum atomic E-state index is 12.9. The molecule has 1 aliphatic carbocycles. The molecule has 0 aromatic heterocycles. The number of carbonyl (C=O) groups is 2. The molecule has 0 N–H and O–H groups in total. The van der Waals surface area contributed by atoms with Crippen LogP contribution in [0, 0.1) is 0 Å². The van der Waals surface area contributed by atoms with E-state index in [0.29, 0.717) is 18.5 Å². The van der Waals surface area contributed by atoms with E-state index >= 15 is 0 Å². The molecule has 0 bridgehead atoms. The van der Waals surface area contributed by atoms with E-state index in [-0.39, 0.29) is 11.7 Å². The number of amides is 1. The number of nitrogens with zero attached hydrogens (tertiary/aromatic N) is 1. The predicted molar refractivity (Wildman–Crippen MR) is 94.3 cm³/mol. The number of carbonyl (C=O) groups excluding carboxylic acids is 2. The lowest BCUT2D eigenvalue weighted by molar-refractivity contribution is -0.116. The van der Waals surface area contributed by atoms with E-state index in [1.165, 1.54) is 0 Å². The van der Waals surface area contributed by atoms with E-state index < -0.39 is 0 Å². The van der Waals surface area contributed by atoms with Crippen LogP contribution in [0.4, 0.5) is 0 Å². The van der Waals surface area contributed by atoms with Gasteiger partial charge in [0.2, 0.25) is 0 Å². The number of ketones is 1. The highest BCUT2D eigenvalue weighted by Crippen LogP contribution is 2.22. The Kier molecular flexibility index (Phi) is 5.22. The fourth-order valence-electron chi connectivity index (χ4n) is 2.93. The lowest BCUT2D eigenvalue weighted by atomic mass is 9.94. The first kappa shape index (κ1) is 16.2. The van der Waals surface area contributed by atoms with Gasteiger partial charge in [-0.15, -0.1) is 0 Å². The average Bonchev–Trinajstić information content (AvgIpc) is 2.64. The minimum absolute atomic E-state index is 0.0784. The number of benzene rings is 2. The Labute approximate surface area is 142 Å². The van der Waals surface area contributed by atoms with Crippen LogP contribution in [-0.2, 0) is 11.3 Å². The quantitative estimate of drug-likeness (QED) is 0.785. The molecule has 0 radical (unpaired) electrons. The maximum absolute atomic E-state index is 12.9. The van der Waals surface area contributed by atoms with Gasteiger partial charge in [0.1, 0.15) is 0 Å². The summed E-state index contributed by atoms with van der Waals surface area (Å²) in [6.45, 7) is 0.464. The highest BCUT2D eigenvalue weighted by molar-refractivity contribution is 5.98. The molecule has 1 fully saturated rings. The highest BCUT2D eigenvalue weighted by Gasteiger charge is 2.20. The minimum Gasteiger partial charge on any atom is -0.310 e.